The molecule has 0 aromatic rings. The first-order valence-corrected chi connectivity index (χ1v) is 7.27. The average Bonchev–Trinajstić information content (AvgIpc) is 3.19. The molecule has 0 radical (unpaired) electrons. The second-order valence-electron chi connectivity index (χ2n) is 5.75. The average molecular weight is 240 g/mol. The van der Waals surface area contributed by atoms with Crippen molar-refractivity contribution in [3.8, 4) is 0 Å². The van der Waals surface area contributed by atoms with Crippen molar-refractivity contribution >= 4 is 0 Å². The number of hydrogen-bond acceptors (Lipinski definition) is 3. The molecule has 2 aliphatic rings. The van der Waals surface area contributed by atoms with Crippen molar-refractivity contribution in [2.24, 2.45) is 5.92 Å². The monoisotopic (exact) mass is 240 g/mol. The number of methoxy groups -OCH3 is 1. The summed E-state index contributed by atoms with van der Waals surface area (Å²) in [4.78, 5) is 2.63. The van der Waals surface area contributed by atoms with Crippen LogP contribution < -0.4 is 5.32 Å². The number of nitrogens with zero attached hydrogens (tertiary/aromatic N) is 1. The van der Waals surface area contributed by atoms with E-state index in [1.165, 1.54) is 45.2 Å². The predicted molar refractivity (Wildman–Crippen MR) is 71.3 cm³/mol. The SMILES string of the molecule is COCC(NCC(C)N1CCCCC1)C1CC1. The molecule has 2 fully saturated rings. The summed E-state index contributed by atoms with van der Waals surface area (Å²) >= 11 is 0. The van der Waals surface area contributed by atoms with Gasteiger partial charge < -0.3 is 10.1 Å². The highest BCUT2D eigenvalue weighted by molar-refractivity contribution is 4.87. The third-order valence-corrected chi connectivity index (χ3v) is 4.23. The Labute approximate surface area is 106 Å². The molecule has 0 spiro atoms. The number of hydrogen-bond donors (Lipinski definition) is 1. The zero-order valence-electron chi connectivity index (χ0n) is 11.5. The fourth-order valence-electron chi connectivity index (χ4n) is 2.85. The number of rotatable bonds is 7. The third kappa shape index (κ3) is 4.23. The van der Waals surface area contributed by atoms with E-state index < -0.39 is 0 Å². The second kappa shape index (κ2) is 6.72. The molecule has 1 aliphatic heterocycles. The molecule has 3 nitrogen and oxygen atoms in total. The van der Waals surface area contributed by atoms with E-state index in [1.54, 1.807) is 0 Å². The maximum atomic E-state index is 5.31. The Morgan fingerprint density at radius 2 is 1.94 bits per heavy atom. The maximum absolute atomic E-state index is 5.31. The van der Waals surface area contributed by atoms with Crippen LogP contribution in [0.4, 0.5) is 0 Å². The summed E-state index contributed by atoms with van der Waals surface area (Å²) in [7, 11) is 1.81. The number of likely N-dealkylation sites (tertiary alicyclic amines) is 1. The summed E-state index contributed by atoms with van der Waals surface area (Å²) < 4.78 is 5.31. The summed E-state index contributed by atoms with van der Waals surface area (Å²) in [6, 6.07) is 1.26. The Hall–Kier alpha value is -0.120. The molecule has 2 atom stereocenters. The number of piperidine rings is 1. The lowest BCUT2D eigenvalue weighted by atomic mass is 10.1. The Morgan fingerprint density at radius 3 is 2.53 bits per heavy atom. The van der Waals surface area contributed by atoms with E-state index >= 15 is 0 Å². The van der Waals surface area contributed by atoms with Crippen LogP contribution in [0.15, 0.2) is 0 Å². The van der Waals surface area contributed by atoms with Gasteiger partial charge in [-0.25, -0.2) is 0 Å². The van der Waals surface area contributed by atoms with E-state index in [2.05, 4.69) is 17.1 Å². The van der Waals surface area contributed by atoms with E-state index in [0.717, 1.165) is 19.1 Å². The molecular weight excluding hydrogens is 212 g/mol. The molecule has 2 unspecified atom stereocenters. The van der Waals surface area contributed by atoms with Gasteiger partial charge >= 0.3 is 0 Å². The first-order chi connectivity index (χ1) is 8.31. The van der Waals surface area contributed by atoms with Gasteiger partial charge in [0.15, 0.2) is 0 Å². The maximum Gasteiger partial charge on any atom is 0.0618 e. The normalized spacial score (nSPS) is 25.8. The van der Waals surface area contributed by atoms with Crippen LogP contribution in [0, 0.1) is 5.92 Å². The van der Waals surface area contributed by atoms with Gasteiger partial charge in [0.2, 0.25) is 0 Å². The van der Waals surface area contributed by atoms with Crippen molar-refractivity contribution in [2.45, 2.75) is 51.1 Å². The van der Waals surface area contributed by atoms with Crippen LogP contribution in [-0.2, 0) is 4.74 Å². The largest absolute Gasteiger partial charge is 0.383 e. The molecule has 1 saturated carbocycles. The van der Waals surface area contributed by atoms with Crippen molar-refractivity contribution in [2.75, 3.05) is 33.4 Å². The highest BCUT2D eigenvalue weighted by Gasteiger charge is 2.31. The lowest BCUT2D eigenvalue weighted by Crippen LogP contribution is -2.47. The molecule has 1 saturated heterocycles. The lowest BCUT2D eigenvalue weighted by molar-refractivity contribution is 0.137. The summed E-state index contributed by atoms with van der Waals surface area (Å²) in [6.07, 6.45) is 6.96. The van der Waals surface area contributed by atoms with Crippen LogP contribution in [-0.4, -0.2) is 50.3 Å². The van der Waals surface area contributed by atoms with Crippen molar-refractivity contribution in [3.63, 3.8) is 0 Å². The standard InChI is InChI=1S/C14H28N2O/c1-12(16-8-4-3-5-9-16)10-15-14(11-17-2)13-6-7-13/h12-15H,3-11H2,1-2H3. The van der Waals surface area contributed by atoms with E-state index in [1.807, 2.05) is 7.11 Å². The van der Waals surface area contributed by atoms with Crippen LogP contribution in [0.5, 0.6) is 0 Å². The van der Waals surface area contributed by atoms with E-state index in [0.29, 0.717) is 12.1 Å². The highest BCUT2D eigenvalue weighted by atomic mass is 16.5. The molecule has 2 rings (SSSR count). The van der Waals surface area contributed by atoms with Gasteiger partial charge in [0.25, 0.3) is 0 Å². The minimum absolute atomic E-state index is 0.590. The molecule has 1 N–H and O–H groups in total. The van der Waals surface area contributed by atoms with Gasteiger partial charge in [0.05, 0.1) is 6.61 Å². The quantitative estimate of drug-likeness (QED) is 0.735. The van der Waals surface area contributed by atoms with Crippen molar-refractivity contribution in [3.05, 3.63) is 0 Å². The van der Waals surface area contributed by atoms with Crippen LogP contribution in [0.25, 0.3) is 0 Å². The fourth-order valence-corrected chi connectivity index (χ4v) is 2.85. The van der Waals surface area contributed by atoms with E-state index in [-0.39, 0.29) is 0 Å². The predicted octanol–water partition coefficient (Wildman–Crippen LogP) is 1.88. The summed E-state index contributed by atoms with van der Waals surface area (Å²) in [5, 5.41) is 3.71. The molecule has 100 valence electrons. The van der Waals surface area contributed by atoms with Gasteiger partial charge in [0, 0.05) is 25.7 Å². The van der Waals surface area contributed by atoms with Crippen LogP contribution in [0.3, 0.4) is 0 Å². The molecular formula is C14H28N2O. The first-order valence-electron chi connectivity index (χ1n) is 7.27. The molecule has 0 aromatic heterocycles. The summed E-state index contributed by atoms with van der Waals surface area (Å²) in [6.45, 7) is 6.93. The van der Waals surface area contributed by atoms with Crippen molar-refractivity contribution in [1.82, 2.24) is 10.2 Å². The summed E-state index contributed by atoms with van der Waals surface area (Å²) in [5.74, 6) is 0.878. The third-order valence-electron chi connectivity index (χ3n) is 4.23. The fraction of sp³-hybridized carbons (Fsp3) is 1.00. The first kappa shape index (κ1) is 13.3. The molecule has 0 aromatic carbocycles. The van der Waals surface area contributed by atoms with Gasteiger partial charge in [-0.05, 0) is 51.6 Å². The van der Waals surface area contributed by atoms with Crippen LogP contribution >= 0.6 is 0 Å². The van der Waals surface area contributed by atoms with Gasteiger partial charge in [-0.2, -0.15) is 0 Å². The minimum Gasteiger partial charge on any atom is -0.383 e. The number of nitrogens with one attached hydrogen (secondary N) is 1. The van der Waals surface area contributed by atoms with Crippen LogP contribution in [0.2, 0.25) is 0 Å². The minimum atomic E-state index is 0.590. The van der Waals surface area contributed by atoms with Gasteiger partial charge in [-0.15, -0.1) is 0 Å². The van der Waals surface area contributed by atoms with Gasteiger partial charge in [0.1, 0.15) is 0 Å². The zero-order valence-corrected chi connectivity index (χ0v) is 11.5. The Bertz CT molecular complexity index is 212. The lowest BCUT2D eigenvalue weighted by Gasteiger charge is -2.33. The molecule has 1 aliphatic carbocycles. The Morgan fingerprint density at radius 1 is 1.24 bits per heavy atom. The topological polar surface area (TPSA) is 24.5 Å². The molecule has 17 heavy (non-hydrogen) atoms. The van der Waals surface area contributed by atoms with Crippen molar-refractivity contribution in [1.29, 1.82) is 0 Å². The van der Waals surface area contributed by atoms with E-state index in [9.17, 15) is 0 Å². The molecule has 1 heterocycles. The Kier molecular flexibility index (Phi) is 5.26. The molecule has 0 bridgehead atoms. The molecule has 0 amide bonds. The van der Waals surface area contributed by atoms with Gasteiger partial charge in [-0.3, -0.25) is 4.90 Å². The molecule has 3 heteroatoms. The Balaban J connectivity index is 1.67. The summed E-state index contributed by atoms with van der Waals surface area (Å²) in [5.41, 5.74) is 0. The van der Waals surface area contributed by atoms with Gasteiger partial charge in [-0.1, -0.05) is 6.42 Å². The second-order valence-corrected chi connectivity index (χ2v) is 5.75. The number of ether oxygens (including phenoxy) is 1. The van der Waals surface area contributed by atoms with E-state index in [4.69, 9.17) is 4.74 Å². The zero-order chi connectivity index (χ0) is 12.1. The van der Waals surface area contributed by atoms with Crippen LogP contribution in [0.1, 0.15) is 39.0 Å². The highest BCUT2D eigenvalue weighted by Crippen LogP contribution is 2.32. The smallest absolute Gasteiger partial charge is 0.0618 e. The van der Waals surface area contributed by atoms with Crippen molar-refractivity contribution < 1.29 is 4.74 Å².